The summed E-state index contributed by atoms with van der Waals surface area (Å²) in [4.78, 5) is 25.7. The van der Waals surface area contributed by atoms with Crippen molar-refractivity contribution < 1.29 is 4.79 Å². The van der Waals surface area contributed by atoms with Crippen LogP contribution in [0.5, 0.6) is 0 Å². The first kappa shape index (κ1) is 20.9. The molecule has 1 amide bonds. The van der Waals surface area contributed by atoms with Gasteiger partial charge in [0.1, 0.15) is 5.56 Å². The number of rotatable bonds is 10. The van der Waals surface area contributed by atoms with E-state index in [-0.39, 0.29) is 17.0 Å². The van der Waals surface area contributed by atoms with Crippen molar-refractivity contribution >= 4 is 5.91 Å². The van der Waals surface area contributed by atoms with Gasteiger partial charge in [0.25, 0.3) is 11.5 Å². The average Bonchev–Trinajstić information content (AvgIpc) is 2.68. The van der Waals surface area contributed by atoms with Crippen LogP contribution in [0.3, 0.4) is 0 Å². The van der Waals surface area contributed by atoms with Crippen LogP contribution in [0.25, 0.3) is 0 Å². The van der Waals surface area contributed by atoms with Crippen LogP contribution in [0, 0.1) is 0 Å². The first-order chi connectivity index (χ1) is 13.1. The Labute approximate surface area is 162 Å². The highest BCUT2D eigenvalue weighted by Gasteiger charge is 2.18. The molecule has 1 N–H and O–H groups in total. The molecule has 0 aliphatic carbocycles. The molecule has 0 aliphatic heterocycles. The van der Waals surface area contributed by atoms with Gasteiger partial charge in [-0.15, -0.1) is 0 Å². The van der Waals surface area contributed by atoms with Gasteiger partial charge in [-0.25, -0.2) is 0 Å². The Bertz CT molecular complexity index is 794. The van der Waals surface area contributed by atoms with E-state index in [9.17, 15) is 9.59 Å². The second-order valence-electron chi connectivity index (χ2n) is 6.94. The van der Waals surface area contributed by atoms with E-state index in [0.717, 1.165) is 49.8 Å². The monoisotopic (exact) mass is 368 g/mol. The minimum absolute atomic E-state index is 0.152. The third-order valence-electron chi connectivity index (χ3n) is 4.88. The number of carbonyl (C=O) groups is 1. The maximum Gasteiger partial charge on any atom is 0.263 e. The molecular formula is C23H32N2O2. The Hall–Kier alpha value is -2.36. The predicted molar refractivity (Wildman–Crippen MR) is 111 cm³/mol. The number of pyridine rings is 1. The molecule has 1 aromatic heterocycles. The molecule has 27 heavy (non-hydrogen) atoms. The van der Waals surface area contributed by atoms with Gasteiger partial charge in [0.2, 0.25) is 0 Å². The Morgan fingerprint density at radius 2 is 1.78 bits per heavy atom. The molecule has 1 aromatic carbocycles. The smallest absolute Gasteiger partial charge is 0.263 e. The number of hydrogen-bond acceptors (Lipinski definition) is 2. The van der Waals surface area contributed by atoms with Crippen molar-refractivity contribution in [1.29, 1.82) is 0 Å². The van der Waals surface area contributed by atoms with E-state index >= 15 is 0 Å². The molecule has 2 aromatic rings. The van der Waals surface area contributed by atoms with Crippen LogP contribution in [0.15, 0.2) is 41.2 Å². The van der Waals surface area contributed by atoms with Crippen molar-refractivity contribution in [2.45, 2.75) is 65.8 Å². The third-order valence-corrected chi connectivity index (χ3v) is 4.88. The van der Waals surface area contributed by atoms with Crippen LogP contribution in [0.1, 0.15) is 67.2 Å². The zero-order valence-corrected chi connectivity index (χ0v) is 16.9. The summed E-state index contributed by atoms with van der Waals surface area (Å²) < 4.78 is 1.85. The average molecular weight is 369 g/mol. The maximum absolute atomic E-state index is 13.0. The van der Waals surface area contributed by atoms with E-state index in [1.165, 1.54) is 5.56 Å². The first-order valence-corrected chi connectivity index (χ1v) is 10.2. The molecule has 1 heterocycles. The molecular weight excluding hydrogens is 336 g/mol. The summed E-state index contributed by atoms with van der Waals surface area (Å²) in [6.07, 6.45) is 5.40. The standard InChI is InChI=1S/C23H32N2O2/c1-4-7-16-25-21(11-5-2)19(6-3)17-20(23(25)27)22(26)24-15-14-18-12-9-8-10-13-18/h8-10,12-13,17H,4-7,11,14-16H2,1-3H3,(H,24,26). The summed E-state index contributed by atoms with van der Waals surface area (Å²) in [5.41, 5.74) is 3.50. The zero-order valence-electron chi connectivity index (χ0n) is 16.9. The van der Waals surface area contributed by atoms with Gasteiger partial charge in [-0.2, -0.15) is 0 Å². The van der Waals surface area contributed by atoms with Gasteiger partial charge in [-0.1, -0.05) is 63.9 Å². The second-order valence-corrected chi connectivity index (χ2v) is 6.94. The lowest BCUT2D eigenvalue weighted by Gasteiger charge is -2.18. The van der Waals surface area contributed by atoms with Crippen molar-refractivity contribution in [3.05, 3.63) is 69.1 Å². The number of nitrogens with one attached hydrogen (secondary N) is 1. The Balaban J connectivity index is 2.23. The van der Waals surface area contributed by atoms with Gasteiger partial charge >= 0.3 is 0 Å². The highest BCUT2D eigenvalue weighted by molar-refractivity contribution is 5.94. The number of nitrogens with zero attached hydrogens (tertiary/aromatic N) is 1. The molecule has 0 unspecified atom stereocenters. The SMILES string of the molecule is CCCCn1c(CCC)c(CC)cc(C(=O)NCCc2ccccc2)c1=O. The van der Waals surface area contributed by atoms with E-state index < -0.39 is 0 Å². The Morgan fingerprint density at radius 1 is 1.04 bits per heavy atom. The van der Waals surface area contributed by atoms with Crippen molar-refractivity contribution in [3.8, 4) is 0 Å². The summed E-state index contributed by atoms with van der Waals surface area (Å²) >= 11 is 0. The fraction of sp³-hybridized carbons (Fsp3) is 0.478. The van der Waals surface area contributed by atoms with Gasteiger partial charge < -0.3 is 9.88 Å². The number of benzene rings is 1. The highest BCUT2D eigenvalue weighted by atomic mass is 16.2. The number of unbranched alkanes of at least 4 members (excludes halogenated alkanes) is 1. The molecule has 4 heteroatoms. The van der Waals surface area contributed by atoms with Gasteiger partial charge in [0, 0.05) is 18.8 Å². The molecule has 0 fully saturated rings. The van der Waals surface area contributed by atoms with Crippen LogP contribution in [-0.4, -0.2) is 17.0 Å². The summed E-state index contributed by atoms with van der Waals surface area (Å²) in [5.74, 6) is -0.265. The van der Waals surface area contributed by atoms with Crippen molar-refractivity contribution in [2.24, 2.45) is 0 Å². The summed E-state index contributed by atoms with van der Waals surface area (Å²) in [6, 6.07) is 11.9. The molecule has 0 saturated carbocycles. The molecule has 0 saturated heterocycles. The van der Waals surface area contributed by atoms with E-state index in [2.05, 4.69) is 26.1 Å². The summed E-state index contributed by atoms with van der Waals surface area (Å²) in [7, 11) is 0. The summed E-state index contributed by atoms with van der Waals surface area (Å²) in [5, 5.41) is 2.92. The molecule has 146 valence electrons. The molecule has 2 rings (SSSR count). The van der Waals surface area contributed by atoms with Crippen LogP contribution >= 0.6 is 0 Å². The van der Waals surface area contributed by atoms with Crippen LogP contribution in [-0.2, 0) is 25.8 Å². The number of aryl methyl sites for hydroxylation is 1. The van der Waals surface area contributed by atoms with E-state index in [1.54, 1.807) is 0 Å². The lowest BCUT2D eigenvalue weighted by Crippen LogP contribution is -2.36. The topological polar surface area (TPSA) is 51.1 Å². The molecule has 4 nitrogen and oxygen atoms in total. The fourth-order valence-electron chi connectivity index (χ4n) is 3.37. The van der Waals surface area contributed by atoms with E-state index in [1.807, 2.05) is 41.0 Å². The second kappa shape index (κ2) is 10.7. The van der Waals surface area contributed by atoms with E-state index in [0.29, 0.717) is 13.1 Å². The van der Waals surface area contributed by atoms with Crippen molar-refractivity contribution in [2.75, 3.05) is 6.54 Å². The Kier molecular flexibility index (Phi) is 8.31. The van der Waals surface area contributed by atoms with Crippen LogP contribution < -0.4 is 10.9 Å². The molecule has 0 atom stereocenters. The Morgan fingerprint density at radius 3 is 2.41 bits per heavy atom. The first-order valence-electron chi connectivity index (χ1n) is 10.2. The van der Waals surface area contributed by atoms with Gasteiger partial charge in [0.15, 0.2) is 0 Å². The molecule has 0 bridgehead atoms. The minimum Gasteiger partial charge on any atom is -0.352 e. The third kappa shape index (κ3) is 5.56. The summed E-state index contributed by atoms with van der Waals surface area (Å²) in [6.45, 7) is 7.53. The van der Waals surface area contributed by atoms with Gasteiger partial charge in [-0.05, 0) is 42.9 Å². The van der Waals surface area contributed by atoms with Crippen LogP contribution in [0.4, 0.5) is 0 Å². The minimum atomic E-state index is -0.265. The number of carbonyl (C=O) groups excluding carboxylic acids is 1. The normalized spacial score (nSPS) is 10.8. The fourth-order valence-corrected chi connectivity index (χ4v) is 3.37. The largest absolute Gasteiger partial charge is 0.352 e. The molecule has 0 radical (unpaired) electrons. The lowest BCUT2D eigenvalue weighted by molar-refractivity contribution is 0.0951. The highest BCUT2D eigenvalue weighted by Crippen LogP contribution is 2.14. The number of amides is 1. The van der Waals surface area contributed by atoms with Gasteiger partial charge in [-0.3, -0.25) is 9.59 Å². The zero-order chi connectivity index (χ0) is 19.6. The molecule has 0 aliphatic rings. The number of hydrogen-bond donors (Lipinski definition) is 1. The van der Waals surface area contributed by atoms with E-state index in [4.69, 9.17) is 0 Å². The number of aromatic nitrogens is 1. The van der Waals surface area contributed by atoms with Crippen LogP contribution in [0.2, 0.25) is 0 Å². The maximum atomic E-state index is 13.0. The van der Waals surface area contributed by atoms with Gasteiger partial charge in [0.05, 0.1) is 0 Å². The lowest BCUT2D eigenvalue weighted by atomic mass is 10.0. The quantitative estimate of drug-likeness (QED) is 0.685. The predicted octanol–water partition coefficient (Wildman–Crippen LogP) is 4.14. The molecule has 0 spiro atoms. The van der Waals surface area contributed by atoms with Crippen molar-refractivity contribution in [3.63, 3.8) is 0 Å². The van der Waals surface area contributed by atoms with Crippen molar-refractivity contribution in [1.82, 2.24) is 9.88 Å².